The van der Waals surface area contributed by atoms with Crippen molar-refractivity contribution < 1.29 is 4.79 Å². The molecule has 0 N–H and O–H groups in total. The minimum atomic E-state index is 0.334. The summed E-state index contributed by atoms with van der Waals surface area (Å²) in [5.41, 5.74) is 0. The zero-order chi connectivity index (χ0) is 10.8. The van der Waals surface area contributed by atoms with Crippen LogP contribution in [0.5, 0.6) is 0 Å². The summed E-state index contributed by atoms with van der Waals surface area (Å²) >= 11 is 0. The summed E-state index contributed by atoms with van der Waals surface area (Å²) < 4.78 is 0. The molecule has 0 amide bonds. The van der Waals surface area contributed by atoms with Crippen LogP contribution in [-0.2, 0) is 4.79 Å². The minimum absolute atomic E-state index is 0.334. The van der Waals surface area contributed by atoms with Crippen molar-refractivity contribution in [2.45, 2.75) is 64.5 Å². The first kappa shape index (κ1) is 11.1. The minimum Gasteiger partial charge on any atom is -0.299 e. The maximum absolute atomic E-state index is 11.2. The molecule has 2 bridgehead atoms. The smallest absolute Gasteiger partial charge is 0.143 e. The van der Waals surface area contributed by atoms with Crippen molar-refractivity contribution in [3.8, 4) is 0 Å². The number of hydrogen-bond donors (Lipinski definition) is 0. The van der Waals surface area contributed by atoms with Gasteiger partial charge >= 0.3 is 0 Å². The third-order valence-corrected chi connectivity index (χ3v) is 4.08. The Balaban J connectivity index is 1.94. The third-order valence-electron chi connectivity index (χ3n) is 4.08. The van der Waals surface area contributed by atoms with Gasteiger partial charge in [-0.2, -0.15) is 0 Å². The Bertz CT molecular complexity index is 225. The molecule has 0 aliphatic carbocycles. The van der Waals surface area contributed by atoms with Crippen LogP contribution >= 0.6 is 0 Å². The standard InChI is InChI=1S/C13H23NO/c1-3-4-11-7-12-5-6-13(8-11)14(12)9-10(2)15/h11-13H,3-9H2,1-2H3. The zero-order valence-electron chi connectivity index (χ0n) is 10.0. The Hall–Kier alpha value is -0.370. The molecule has 0 saturated carbocycles. The van der Waals surface area contributed by atoms with Crippen LogP contribution in [0.15, 0.2) is 0 Å². The quantitative estimate of drug-likeness (QED) is 0.709. The van der Waals surface area contributed by atoms with E-state index in [-0.39, 0.29) is 0 Å². The van der Waals surface area contributed by atoms with E-state index in [1.807, 2.05) is 0 Å². The van der Waals surface area contributed by atoms with Crippen molar-refractivity contribution in [1.82, 2.24) is 4.90 Å². The zero-order valence-corrected chi connectivity index (χ0v) is 10.0. The lowest BCUT2D eigenvalue weighted by molar-refractivity contribution is -0.119. The van der Waals surface area contributed by atoms with E-state index in [0.717, 1.165) is 18.0 Å². The molecule has 2 rings (SSSR count). The monoisotopic (exact) mass is 209 g/mol. The fourth-order valence-corrected chi connectivity index (χ4v) is 3.55. The number of carbonyl (C=O) groups excluding carboxylic acids is 1. The summed E-state index contributed by atoms with van der Waals surface area (Å²) in [4.78, 5) is 13.7. The van der Waals surface area contributed by atoms with Crippen LogP contribution in [0.25, 0.3) is 0 Å². The molecule has 0 aromatic rings. The van der Waals surface area contributed by atoms with Gasteiger partial charge in [0.05, 0.1) is 6.54 Å². The van der Waals surface area contributed by atoms with E-state index in [2.05, 4.69) is 11.8 Å². The summed E-state index contributed by atoms with van der Waals surface area (Å²) in [6, 6.07) is 1.45. The highest BCUT2D eigenvalue weighted by atomic mass is 16.1. The molecule has 2 unspecified atom stereocenters. The average molecular weight is 209 g/mol. The molecule has 2 heterocycles. The topological polar surface area (TPSA) is 20.3 Å². The Labute approximate surface area is 93.0 Å². The highest BCUT2D eigenvalue weighted by Crippen LogP contribution is 2.39. The van der Waals surface area contributed by atoms with Crippen molar-refractivity contribution in [3.63, 3.8) is 0 Å². The van der Waals surface area contributed by atoms with Crippen LogP contribution in [0.1, 0.15) is 52.4 Å². The van der Waals surface area contributed by atoms with Crippen LogP contribution in [0.2, 0.25) is 0 Å². The molecular formula is C13H23NO. The van der Waals surface area contributed by atoms with Crippen molar-refractivity contribution in [2.75, 3.05) is 6.54 Å². The molecule has 0 aromatic heterocycles. The Morgan fingerprint density at radius 2 is 1.87 bits per heavy atom. The number of rotatable bonds is 4. The van der Waals surface area contributed by atoms with Crippen molar-refractivity contribution in [3.05, 3.63) is 0 Å². The summed E-state index contributed by atoms with van der Waals surface area (Å²) in [7, 11) is 0. The maximum atomic E-state index is 11.2. The van der Waals surface area contributed by atoms with Gasteiger partial charge in [-0.1, -0.05) is 19.8 Å². The van der Waals surface area contributed by atoms with Gasteiger partial charge in [-0.3, -0.25) is 9.69 Å². The van der Waals surface area contributed by atoms with E-state index < -0.39 is 0 Å². The predicted octanol–water partition coefficient (Wildman–Crippen LogP) is 2.62. The molecule has 15 heavy (non-hydrogen) atoms. The van der Waals surface area contributed by atoms with Gasteiger partial charge in [0, 0.05) is 12.1 Å². The Kier molecular flexibility index (Phi) is 3.45. The molecular weight excluding hydrogens is 186 g/mol. The van der Waals surface area contributed by atoms with Crippen molar-refractivity contribution >= 4 is 5.78 Å². The van der Waals surface area contributed by atoms with Gasteiger partial charge in [-0.15, -0.1) is 0 Å². The third kappa shape index (κ3) is 2.41. The first-order valence-corrected chi connectivity index (χ1v) is 6.46. The van der Waals surface area contributed by atoms with Crippen LogP contribution in [0.4, 0.5) is 0 Å². The van der Waals surface area contributed by atoms with E-state index in [1.54, 1.807) is 6.92 Å². The highest BCUT2D eigenvalue weighted by molar-refractivity contribution is 5.77. The van der Waals surface area contributed by atoms with Gasteiger partial charge in [0.25, 0.3) is 0 Å². The molecule has 0 radical (unpaired) electrons. The molecule has 2 nitrogen and oxygen atoms in total. The first-order chi connectivity index (χ1) is 7.20. The molecule has 2 atom stereocenters. The second-order valence-corrected chi connectivity index (χ2v) is 5.39. The second-order valence-electron chi connectivity index (χ2n) is 5.39. The summed E-state index contributed by atoms with van der Waals surface area (Å²) in [5.74, 6) is 1.27. The predicted molar refractivity (Wildman–Crippen MR) is 61.8 cm³/mol. The Morgan fingerprint density at radius 3 is 2.33 bits per heavy atom. The summed E-state index contributed by atoms with van der Waals surface area (Å²) in [6.07, 6.45) is 8.06. The molecule has 2 saturated heterocycles. The number of nitrogens with zero attached hydrogens (tertiary/aromatic N) is 1. The second kappa shape index (κ2) is 4.65. The largest absolute Gasteiger partial charge is 0.299 e. The van der Waals surface area contributed by atoms with Gasteiger partial charge in [-0.05, 0) is 38.5 Å². The number of hydrogen-bond acceptors (Lipinski definition) is 2. The maximum Gasteiger partial charge on any atom is 0.143 e. The SMILES string of the molecule is CCCC1CC2CCC(C1)N2CC(C)=O. The van der Waals surface area contributed by atoms with Gasteiger partial charge < -0.3 is 0 Å². The lowest BCUT2D eigenvalue weighted by Gasteiger charge is -2.38. The normalized spacial score (nSPS) is 35.7. The van der Waals surface area contributed by atoms with Crippen LogP contribution in [0, 0.1) is 5.92 Å². The summed E-state index contributed by atoms with van der Waals surface area (Å²) in [5, 5.41) is 0. The lowest BCUT2D eigenvalue weighted by Crippen LogP contribution is -2.45. The molecule has 2 aliphatic heterocycles. The van der Waals surface area contributed by atoms with E-state index in [4.69, 9.17) is 0 Å². The molecule has 2 heteroatoms. The molecule has 86 valence electrons. The molecule has 0 aromatic carbocycles. The molecule has 0 spiro atoms. The van der Waals surface area contributed by atoms with Gasteiger partial charge in [0.1, 0.15) is 5.78 Å². The van der Waals surface area contributed by atoms with Crippen LogP contribution < -0.4 is 0 Å². The fraction of sp³-hybridized carbons (Fsp3) is 0.923. The van der Waals surface area contributed by atoms with E-state index in [0.29, 0.717) is 12.3 Å². The van der Waals surface area contributed by atoms with E-state index in [9.17, 15) is 4.79 Å². The molecule has 2 aliphatic rings. The number of fused-ring (bicyclic) bond motifs is 2. The van der Waals surface area contributed by atoms with Gasteiger partial charge in [-0.25, -0.2) is 0 Å². The lowest BCUT2D eigenvalue weighted by atomic mass is 9.87. The molecule has 2 fully saturated rings. The van der Waals surface area contributed by atoms with E-state index in [1.165, 1.54) is 38.5 Å². The number of carbonyl (C=O) groups is 1. The average Bonchev–Trinajstić information content (AvgIpc) is 2.43. The number of ketones is 1. The number of piperidine rings is 1. The summed E-state index contributed by atoms with van der Waals surface area (Å²) in [6.45, 7) is 4.70. The van der Waals surface area contributed by atoms with Crippen molar-refractivity contribution in [1.29, 1.82) is 0 Å². The number of Topliss-reactive ketones (excluding diaryl/α,β-unsaturated/α-hetero) is 1. The van der Waals surface area contributed by atoms with Gasteiger partial charge in [0.15, 0.2) is 0 Å². The first-order valence-electron chi connectivity index (χ1n) is 6.46. The fourth-order valence-electron chi connectivity index (χ4n) is 3.55. The van der Waals surface area contributed by atoms with E-state index >= 15 is 0 Å². The van der Waals surface area contributed by atoms with Gasteiger partial charge in [0.2, 0.25) is 0 Å². The van der Waals surface area contributed by atoms with Crippen LogP contribution in [-0.4, -0.2) is 29.3 Å². The van der Waals surface area contributed by atoms with Crippen molar-refractivity contribution in [2.24, 2.45) is 5.92 Å². The Morgan fingerprint density at radius 1 is 1.27 bits per heavy atom. The van der Waals surface area contributed by atoms with Crippen LogP contribution in [0.3, 0.4) is 0 Å². The highest BCUT2D eigenvalue weighted by Gasteiger charge is 2.40.